The van der Waals surface area contributed by atoms with Gasteiger partial charge in [-0.15, -0.1) is 0 Å². The Labute approximate surface area is 79.0 Å². The van der Waals surface area contributed by atoms with Crippen LogP contribution in [0.25, 0.3) is 0 Å². The molecule has 0 aliphatic heterocycles. The van der Waals surface area contributed by atoms with E-state index in [0.29, 0.717) is 17.3 Å². The minimum atomic E-state index is -0.388. The Morgan fingerprint density at radius 2 is 2.08 bits per heavy atom. The molecule has 0 spiro atoms. The molecular weight excluding hydrogens is 164 g/mol. The molecule has 13 heavy (non-hydrogen) atoms. The highest BCUT2D eigenvalue weighted by atomic mass is 16.4. The van der Waals surface area contributed by atoms with Gasteiger partial charge in [0.1, 0.15) is 0 Å². The number of fused-ring (bicyclic) bond motifs is 2. The summed E-state index contributed by atoms with van der Waals surface area (Å²) in [5.41, 5.74) is 6.94. The van der Waals surface area contributed by atoms with Crippen molar-refractivity contribution in [2.75, 3.05) is 0 Å². The van der Waals surface area contributed by atoms with Crippen molar-refractivity contribution in [2.24, 2.45) is 28.1 Å². The molecule has 0 aromatic carbocycles. The van der Waals surface area contributed by atoms with E-state index in [-0.39, 0.29) is 5.54 Å². The lowest BCUT2D eigenvalue weighted by Crippen LogP contribution is -2.54. The van der Waals surface area contributed by atoms with Gasteiger partial charge >= 0.3 is 0 Å². The molecule has 0 radical (unpaired) electrons. The molecule has 2 rings (SSSR count). The van der Waals surface area contributed by atoms with E-state index >= 15 is 0 Å². The molecule has 3 N–H and O–H groups in total. The maximum absolute atomic E-state index is 8.90. The fourth-order valence-corrected chi connectivity index (χ4v) is 3.54. The van der Waals surface area contributed by atoms with Crippen LogP contribution in [0.3, 0.4) is 0 Å². The average Bonchev–Trinajstić information content (AvgIpc) is 2.37. The lowest BCUT2D eigenvalue weighted by atomic mass is 9.67. The van der Waals surface area contributed by atoms with Crippen LogP contribution in [0.5, 0.6) is 0 Å². The molecule has 2 aliphatic rings. The molecule has 2 saturated carbocycles. The first-order valence-electron chi connectivity index (χ1n) is 4.91. The monoisotopic (exact) mass is 182 g/mol. The first-order valence-corrected chi connectivity index (χ1v) is 4.91. The van der Waals surface area contributed by atoms with E-state index in [1.807, 2.05) is 6.92 Å². The van der Waals surface area contributed by atoms with Crippen LogP contribution in [0.4, 0.5) is 0 Å². The van der Waals surface area contributed by atoms with Crippen molar-refractivity contribution in [3.05, 3.63) is 0 Å². The third-order valence-electron chi connectivity index (χ3n) is 4.01. The second-order valence-electron chi connectivity index (χ2n) is 5.45. The number of hydrogen-bond donors (Lipinski definition) is 2. The fourth-order valence-electron chi connectivity index (χ4n) is 3.54. The zero-order valence-corrected chi connectivity index (χ0v) is 8.54. The third-order valence-corrected chi connectivity index (χ3v) is 4.01. The molecule has 3 unspecified atom stereocenters. The quantitative estimate of drug-likeness (QED) is 0.441. The van der Waals surface area contributed by atoms with Gasteiger partial charge in [0.15, 0.2) is 0 Å². The highest BCUT2D eigenvalue weighted by molar-refractivity contribution is 5.98. The van der Waals surface area contributed by atoms with Crippen molar-refractivity contribution in [3.8, 4) is 0 Å². The average molecular weight is 182 g/mol. The van der Waals surface area contributed by atoms with Crippen LogP contribution >= 0.6 is 0 Å². The van der Waals surface area contributed by atoms with Gasteiger partial charge in [-0.1, -0.05) is 19.0 Å². The van der Waals surface area contributed by atoms with Crippen molar-refractivity contribution < 1.29 is 5.21 Å². The van der Waals surface area contributed by atoms with Gasteiger partial charge in [0.25, 0.3) is 0 Å². The molecule has 0 aromatic rings. The Hall–Kier alpha value is -0.570. The van der Waals surface area contributed by atoms with Crippen molar-refractivity contribution in [2.45, 2.75) is 39.2 Å². The van der Waals surface area contributed by atoms with Crippen LogP contribution in [-0.2, 0) is 0 Å². The summed E-state index contributed by atoms with van der Waals surface area (Å²) in [5.74, 6) is 0.885. The maximum Gasteiger partial charge on any atom is 0.0800 e. The van der Waals surface area contributed by atoms with E-state index in [1.165, 1.54) is 0 Å². The maximum atomic E-state index is 8.90. The van der Waals surface area contributed by atoms with Crippen LogP contribution in [-0.4, -0.2) is 16.5 Å². The molecule has 2 fully saturated rings. The van der Waals surface area contributed by atoms with Crippen LogP contribution < -0.4 is 5.73 Å². The van der Waals surface area contributed by atoms with Crippen molar-refractivity contribution in [3.63, 3.8) is 0 Å². The predicted molar refractivity (Wildman–Crippen MR) is 51.8 cm³/mol. The lowest BCUT2D eigenvalue weighted by Gasteiger charge is -2.41. The summed E-state index contributed by atoms with van der Waals surface area (Å²) in [6.45, 7) is 6.52. The largest absolute Gasteiger partial charge is 0.411 e. The number of nitrogens with two attached hydrogens (primary N) is 1. The van der Waals surface area contributed by atoms with Gasteiger partial charge in [0, 0.05) is 5.92 Å². The number of hydrogen-bond acceptors (Lipinski definition) is 3. The second-order valence-corrected chi connectivity index (χ2v) is 5.45. The Kier molecular flexibility index (Phi) is 1.57. The van der Waals surface area contributed by atoms with Crippen molar-refractivity contribution >= 4 is 5.71 Å². The molecule has 0 saturated heterocycles. The van der Waals surface area contributed by atoms with E-state index < -0.39 is 0 Å². The minimum Gasteiger partial charge on any atom is -0.411 e. The van der Waals surface area contributed by atoms with Crippen LogP contribution in [0, 0.1) is 17.3 Å². The van der Waals surface area contributed by atoms with Gasteiger partial charge in [0.05, 0.1) is 11.3 Å². The van der Waals surface area contributed by atoms with Crippen molar-refractivity contribution in [1.82, 2.24) is 0 Å². The standard InChI is InChI=1S/C10H18N2O/c1-9(2)5-6-4-7(9)10(3,11)8(6)12-13/h6-7,13H,4-5,11H2,1-3H3/b12-8-. The van der Waals surface area contributed by atoms with Gasteiger partial charge in [-0.2, -0.15) is 0 Å². The van der Waals surface area contributed by atoms with Crippen molar-refractivity contribution in [1.29, 1.82) is 0 Å². The van der Waals surface area contributed by atoms with E-state index in [2.05, 4.69) is 19.0 Å². The molecule has 0 heterocycles. The highest BCUT2D eigenvalue weighted by Crippen LogP contribution is 2.57. The molecule has 3 nitrogen and oxygen atoms in total. The summed E-state index contributed by atoms with van der Waals surface area (Å²) in [7, 11) is 0. The fraction of sp³-hybridized carbons (Fsp3) is 0.900. The normalized spacial score (nSPS) is 50.3. The van der Waals surface area contributed by atoms with Gasteiger partial charge in [-0.05, 0) is 31.1 Å². The van der Waals surface area contributed by atoms with E-state index in [9.17, 15) is 0 Å². The SMILES string of the molecule is CC1(C)CC2CC1C(C)(N)/C2=N\O. The minimum absolute atomic E-state index is 0.308. The van der Waals surface area contributed by atoms with Crippen LogP contribution in [0.15, 0.2) is 5.16 Å². The molecule has 3 atom stereocenters. The summed E-state index contributed by atoms with van der Waals surface area (Å²) >= 11 is 0. The van der Waals surface area contributed by atoms with Crippen LogP contribution in [0.1, 0.15) is 33.6 Å². The third kappa shape index (κ3) is 0.966. The highest BCUT2D eigenvalue weighted by Gasteiger charge is 2.59. The molecule has 0 aromatic heterocycles. The summed E-state index contributed by atoms with van der Waals surface area (Å²) in [6.07, 6.45) is 2.21. The summed E-state index contributed by atoms with van der Waals surface area (Å²) < 4.78 is 0. The first kappa shape index (κ1) is 9.00. The summed E-state index contributed by atoms with van der Waals surface area (Å²) in [5, 5.41) is 12.3. The zero-order valence-electron chi connectivity index (χ0n) is 8.54. The summed E-state index contributed by atoms with van der Waals surface area (Å²) in [6, 6.07) is 0. The van der Waals surface area contributed by atoms with Crippen LogP contribution in [0.2, 0.25) is 0 Å². The van der Waals surface area contributed by atoms with E-state index in [1.54, 1.807) is 0 Å². The Bertz CT molecular complexity index is 268. The smallest absolute Gasteiger partial charge is 0.0800 e. The Balaban J connectivity index is 2.40. The van der Waals surface area contributed by atoms with E-state index in [4.69, 9.17) is 10.9 Å². The topological polar surface area (TPSA) is 58.6 Å². The van der Waals surface area contributed by atoms with Gasteiger partial charge in [-0.25, -0.2) is 0 Å². The Morgan fingerprint density at radius 3 is 2.46 bits per heavy atom. The zero-order chi connectivity index (χ0) is 9.85. The van der Waals surface area contributed by atoms with Gasteiger partial charge in [0.2, 0.25) is 0 Å². The molecule has 74 valence electrons. The van der Waals surface area contributed by atoms with Gasteiger partial charge < -0.3 is 10.9 Å². The number of nitrogens with zero attached hydrogens (tertiary/aromatic N) is 1. The van der Waals surface area contributed by atoms with E-state index in [0.717, 1.165) is 18.6 Å². The predicted octanol–water partition coefficient (Wildman–Crippen LogP) is 1.60. The van der Waals surface area contributed by atoms with Gasteiger partial charge in [-0.3, -0.25) is 0 Å². The molecule has 2 aliphatic carbocycles. The first-order chi connectivity index (χ1) is 5.89. The molecule has 2 bridgehead atoms. The second kappa shape index (κ2) is 2.27. The number of rotatable bonds is 0. The Morgan fingerprint density at radius 1 is 1.46 bits per heavy atom. The molecular formula is C10H18N2O. The number of oxime groups is 1. The molecule has 0 amide bonds. The summed E-state index contributed by atoms with van der Waals surface area (Å²) in [4.78, 5) is 0. The molecule has 3 heteroatoms. The lowest BCUT2D eigenvalue weighted by molar-refractivity contribution is 0.188.